The van der Waals surface area contributed by atoms with Crippen molar-refractivity contribution in [1.82, 2.24) is 14.9 Å². The van der Waals surface area contributed by atoms with Crippen LogP contribution < -0.4 is 5.32 Å². The van der Waals surface area contributed by atoms with Crippen molar-refractivity contribution < 1.29 is 0 Å². The lowest BCUT2D eigenvalue weighted by molar-refractivity contribution is 0.379. The van der Waals surface area contributed by atoms with E-state index in [1.54, 1.807) is 5.57 Å². The van der Waals surface area contributed by atoms with Crippen molar-refractivity contribution in [2.45, 2.75) is 46.1 Å². The molecule has 0 saturated carbocycles. The molecule has 2 rings (SSSR count). The minimum absolute atomic E-state index is 0.766. The van der Waals surface area contributed by atoms with Gasteiger partial charge in [0.1, 0.15) is 0 Å². The number of hydrogen-bond acceptors (Lipinski definition) is 2. The predicted molar refractivity (Wildman–Crippen MR) is 80.0 cm³/mol. The van der Waals surface area contributed by atoms with Gasteiger partial charge in [-0.1, -0.05) is 18.6 Å². The third-order valence-electron chi connectivity index (χ3n) is 3.90. The molecular formula is C16H27N3. The van der Waals surface area contributed by atoms with Crippen LogP contribution in [0.15, 0.2) is 30.4 Å². The number of allylic oxidation sites excluding steroid dienone is 2. The van der Waals surface area contributed by atoms with E-state index < -0.39 is 0 Å². The van der Waals surface area contributed by atoms with Gasteiger partial charge in [-0.15, -0.1) is 0 Å². The van der Waals surface area contributed by atoms with Crippen molar-refractivity contribution in [3.63, 3.8) is 0 Å². The Bertz CT molecular complexity index is 381. The SMILES string of the molecule is CC1=CC(C)CC(CNCCCCn2ccnc2)C1. The number of hydrogen-bond donors (Lipinski definition) is 1. The molecule has 0 aromatic carbocycles. The van der Waals surface area contributed by atoms with Gasteiger partial charge in [-0.05, 0) is 57.5 Å². The van der Waals surface area contributed by atoms with Crippen LogP contribution in [0.1, 0.15) is 39.5 Å². The van der Waals surface area contributed by atoms with E-state index in [0.717, 1.165) is 24.9 Å². The Labute approximate surface area is 117 Å². The summed E-state index contributed by atoms with van der Waals surface area (Å²) in [4.78, 5) is 4.05. The summed E-state index contributed by atoms with van der Waals surface area (Å²) in [5, 5.41) is 3.62. The summed E-state index contributed by atoms with van der Waals surface area (Å²) in [6.45, 7) is 8.02. The molecule has 3 heteroatoms. The van der Waals surface area contributed by atoms with Gasteiger partial charge in [0.2, 0.25) is 0 Å². The maximum Gasteiger partial charge on any atom is 0.0945 e. The maximum atomic E-state index is 4.05. The molecule has 19 heavy (non-hydrogen) atoms. The normalized spacial score (nSPS) is 23.4. The number of unbranched alkanes of at least 4 members (excludes halogenated alkanes) is 1. The van der Waals surface area contributed by atoms with Gasteiger partial charge in [0, 0.05) is 18.9 Å². The van der Waals surface area contributed by atoms with Crippen LogP contribution in [-0.2, 0) is 6.54 Å². The summed E-state index contributed by atoms with van der Waals surface area (Å²) >= 11 is 0. The zero-order valence-corrected chi connectivity index (χ0v) is 12.3. The third kappa shape index (κ3) is 5.19. The van der Waals surface area contributed by atoms with Gasteiger partial charge in [0.25, 0.3) is 0 Å². The molecule has 2 unspecified atom stereocenters. The van der Waals surface area contributed by atoms with E-state index in [9.17, 15) is 0 Å². The molecular weight excluding hydrogens is 234 g/mol. The highest BCUT2D eigenvalue weighted by Gasteiger charge is 2.17. The summed E-state index contributed by atoms with van der Waals surface area (Å²) in [6.07, 6.45) is 13.3. The number of aromatic nitrogens is 2. The predicted octanol–water partition coefficient (Wildman–Crippen LogP) is 3.25. The van der Waals surface area contributed by atoms with Gasteiger partial charge in [-0.2, -0.15) is 0 Å². The molecule has 1 N–H and O–H groups in total. The van der Waals surface area contributed by atoms with E-state index >= 15 is 0 Å². The van der Waals surface area contributed by atoms with Crippen LogP contribution in [-0.4, -0.2) is 22.6 Å². The van der Waals surface area contributed by atoms with E-state index in [2.05, 4.69) is 34.8 Å². The van der Waals surface area contributed by atoms with Gasteiger partial charge in [0.05, 0.1) is 6.33 Å². The molecule has 1 aromatic rings. The largest absolute Gasteiger partial charge is 0.337 e. The molecule has 106 valence electrons. The zero-order valence-electron chi connectivity index (χ0n) is 12.3. The summed E-state index contributed by atoms with van der Waals surface area (Å²) in [6, 6.07) is 0. The van der Waals surface area contributed by atoms with Crippen LogP contribution in [0.5, 0.6) is 0 Å². The topological polar surface area (TPSA) is 29.9 Å². The van der Waals surface area contributed by atoms with Crippen LogP contribution in [0.2, 0.25) is 0 Å². The lowest BCUT2D eigenvalue weighted by Crippen LogP contribution is -2.27. The van der Waals surface area contributed by atoms with Crippen LogP contribution in [0, 0.1) is 11.8 Å². The monoisotopic (exact) mass is 261 g/mol. The van der Waals surface area contributed by atoms with Gasteiger partial charge in [0.15, 0.2) is 0 Å². The van der Waals surface area contributed by atoms with E-state index in [-0.39, 0.29) is 0 Å². The molecule has 1 aromatic heterocycles. The minimum atomic E-state index is 0.766. The van der Waals surface area contributed by atoms with Crippen molar-refractivity contribution >= 4 is 0 Å². The minimum Gasteiger partial charge on any atom is -0.337 e. The molecule has 0 fully saturated rings. The summed E-state index contributed by atoms with van der Waals surface area (Å²) < 4.78 is 2.15. The van der Waals surface area contributed by atoms with Gasteiger partial charge >= 0.3 is 0 Å². The molecule has 3 nitrogen and oxygen atoms in total. The Morgan fingerprint density at radius 3 is 3.05 bits per heavy atom. The highest BCUT2D eigenvalue weighted by atomic mass is 15.0. The number of aryl methyl sites for hydroxylation is 1. The highest BCUT2D eigenvalue weighted by molar-refractivity contribution is 5.06. The average Bonchev–Trinajstić information content (AvgIpc) is 2.85. The number of rotatable bonds is 7. The molecule has 1 aliphatic carbocycles. The number of nitrogens with one attached hydrogen (secondary N) is 1. The highest BCUT2D eigenvalue weighted by Crippen LogP contribution is 2.27. The van der Waals surface area contributed by atoms with Crippen molar-refractivity contribution in [2.75, 3.05) is 13.1 Å². The standard InChI is InChI=1S/C16H27N3/c1-14-9-15(2)11-16(10-14)12-17-5-3-4-7-19-8-6-18-13-19/h6,8-9,13-14,16-17H,3-5,7,10-12H2,1-2H3. The molecule has 0 radical (unpaired) electrons. The average molecular weight is 261 g/mol. The second-order valence-electron chi connectivity index (χ2n) is 6.01. The van der Waals surface area contributed by atoms with Crippen molar-refractivity contribution in [3.05, 3.63) is 30.4 Å². The van der Waals surface area contributed by atoms with E-state index in [1.165, 1.54) is 32.2 Å². The quantitative estimate of drug-likeness (QED) is 0.603. The molecule has 0 spiro atoms. The van der Waals surface area contributed by atoms with Crippen LogP contribution >= 0.6 is 0 Å². The Balaban J connectivity index is 1.51. The number of imidazole rings is 1. The second-order valence-corrected chi connectivity index (χ2v) is 6.01. The lowest BCUT2D eigenvalue weighted by Gasteiger charge is -2.25. The summed E-state index contributed by atoms with van der Waals surface area (Å²) in [7, 11) is 0. The second kappa shape index (κ2) is 7.49. The third-order valence-corrected chi connectivity index (χ3v) is 3.90. The zero-order chi connectivity index (χ0) is 13.5. The lowest BCUT2D eigenvalue weighted by atomic mass is 9.84. The Morgan fingerprint density at radius 1 is 1.42 bits per heavy atom. The van der Waals surface area contributed by atoms with Crippen molar-refractivity contribution in [3.8, 4) is 0 Å². The first-order chi connectivity index (χ1) is 9.24. The Kier molecular flexibility index (Phi) is 5.64. The molecule has 1 heterocycles. The first-order valence-corrected chi connectivity index (χ1v) is 7.58. The van der Waals surface area contributed by atoms with Gasteiger partial charge in [-0.25, -0.2) is 4.98 Å². The Morgan fingerprint density at radius 2 is 2.32 bits per heavy atom. The molecule has 0 bridgehead atoms. The molecule has 0 amide bonds. The van der Waals surface area contributed by atoms with Crippen LogP contribution in [0.4, 0.5) is 0 Å². The maximum absolute atomic E-state index is 4.05. The van der Waals surface area contributed by atoms with E-state index in [0.29, 0.717) is 0 Å². The van der Waals surface area contributed by atoms with Gasteiger partial charge < -0.3 is 9.88 Å². The first kappa shape index (κ1) is 14.3. The van der Waals surface area contributed by atoms with Crippen LogP contribution in [0.25, 0.3) is 0 Å². The molecule has 0 aliphatic heterocycles. The van der Waals surface area contributed by atoms with E-state index in [1.807, 2.05) is 18.7 Å². The fraction of sp³-hybridized carbons (Fsp3) is 0.688. The molecule has 2 atom stereocenters. The Hall–Kier alpha value is -1.09. The first-order valence-electron chi connectivity index (χ1n) is 7.58. The van der Waals surface area contributed by atoms with Crippen LogP contribution in [0.3, 0.4) is 0 Å². The fourth-order valence-electron chi connectivity index (χ4n) is 3.11. The summed E-state index contributed by atoms with van der Waals surface area (Å²) in [5.74, 6) is 1.61. The smallest absolute Gasteiger partial charge is 0.0945 e. The molecule has 1 aliphatic rings. The summed E-state index contributed by atoms with van der Waals surface area (Å²) in [5.41, 5.74) is 1.57. The number of nitrogens with zero attached hydrogens (tertiary/aromatic N) is 2. The van der Waals surface area contributed by atoms with Crippen molar-refractivity contribution in [1.29, 1.82) is 0 Å². The van der Waals surface area contributed by atoms with E-state index in [4.69, 9.17) is 0 Å². The fourth-order valence-corrected chi connectivity index (χ4v) is 3.11. The van der Waals surface area contributed by atoms with Gasteiger partial charge in [-0.3, -0.25) is 0 Å². The van der Waals surface area contributed by atoms with Crippen molar-refractivity contribution in [2.24, 2.45) is 11.8 Å². The molecule has 0 saturated heterocycles.